The largest absolute Gasteiger partial charge is 0.462 e. The van der Waals surface area contributed by atoms with Crippen LogP contribution in [0.1, 0.15) is 17.3 Å². The van der Waals surface area contributed by atoms with Crippen LogP contribution in [0.3, 0.4) is 0 Å². The summed E-state index contributed by atoms with van der Waals surface area (Å²) in [6.07, 6.45) is 1.28. The van der Waals surface area contributed by atoms with E-state index in [2.05, 4.69) is 0 Å². The molecule has 0 bridgehead atoms. The lowest BCUT2D eigenvalue weighted by Gasteiger charge is -2.14. The highest BCUT2D eigenvalue weighted by atomic mass is 35.5. The van der Waals surface area contributed by atoms with Gasteiger partial charge in [-0.25, -0.2) is 13.6 Å². The number of carbonyl (C=O) groups excluding carboxylic acids is 1. The van der Waals surface area contributed by atoms with Gasteiger partial charge in [0.05, 0.1) is 17.1 Å². The second-order valence-electron chi connectivity index (χ2n) is 5.22. The molecule has 0 aliphatic heterocycles. The third kappa shape index (κ3) is 3.13. The number of fused-ring (bicyclic) bond motifs is 1. The predicted molar refractivity (Wildman–Crippen MR) is 90.4 cm³/mol. The summed E-state index contributed by atoms with van der Waals surface area (Å²) in [7, 11) is 0. The molecule has 0 atom stereocenters. The number of aromatic nitrogens is 1. The van der Waals surface area contributed by atoms with Crippen LogP contribution >= 0.6 is 11.6 Å². The summed E-state index contributed by atoms with van der Waals surface area (Å²) in [5.74, 6) is -2.04. The van der Waals surface area contributed by atoms with Crippen LogP contribution in [0.4, 0.5) is 8.78 Å². The van der Waals surface area contributed by atoms with Crippen molar-refractivity contribution in [3.05, 3.63) is 75.0 Å². The van der Waals surface area contributed by atoms with Gasteiger partial charge in [-0.3, -0.25) is 4.79 Å². The summed E-state index contributed by atoms with van der Waals surface area (Å²) in [5.41, 5.74) is -0.154. The first kappa shape index (κ1) is 17.1. The van der Waals surface area contributed by atoms with Crippen molar-refractivity contribution in [2.75, 3.05) is 6.61 Å². The number of carbonyl (C=O) groups is 1. The number of rotatable bonds is 3. The number of pyridine rings is 1. The maximum atomic E-state index is 13.9. The van der Waals surface area contributed by atoms with Crippen molar-refractivity contribution in [2.45, 2.75) is 6.92 Å². The van der Waals surface area contributed by atoms with Crippen LogP contribution in [0.15, 0.2) is 47.4 Å². The Kier molecular flexibility index (Phi) is 4.55. The molecule has 128 valence electrons. The monoisotopic (exact) mass is 363 g/mol. The maximum Gasteiger partial charge on any atom is 0.343 e. The molecule has 0 saturated heterocycles. The zero-order valence-corrected chi connectivity index (χ0v) is 13.8. The van der Waals surface area contributed by atoms with Gasteiger partial charge in [0.2, 0.25) is 5.43 Å². The first-order valence-electron chi connectivity index (χ1n) is 7.40. The molecule has 0 aliphatic carbocycles. The Hall–Kier alpha value is -2.73. The Balaban J connectivity index is 2.39. The van der Waals surface area contributed by atoms with Gasteiger partial charge >= 0.3 is 5.97 Å². The van der Waals surface area contributed by atoms with Gasteiger partial charge in [0.25, 0.3) is 0 Å². The summed E-state index contributed by atoms with van der Waals surface area (Å²) < 4.78 is 33.4. The Labute approximate surface area is 146 Å². The predicted octanol–water partition coefficient (Wildman–Crippen LogP) is 4.10. The molecule has 0 unspecified atom stereocenters. The van der Waals surface area contributed by atoms with Crippen LogP contribution in [-0.2, 0) is 4.74 Å². The van der Waals surface area contributed by atoms with Gasteiger partial charge in [-0.1, -0.05) is 11.6 Å². The van der Waals surface area contributed by atoms with Gasteiger partial charge in [0.15, 0.2) is 0 Å². The maximum absolute atomic E-state index is 13.9. The summed E-state index contributed by atoms with van der Waals surface area (Å²) in [4.78, 5) is 24.6. The SMILES string of the molecule is CCOC(=O)c1cn(-c2ccc(F)cc2)c2cc(Cl)c(F)cc2c1=O. The minimum atomic E-state index is -0.819. The van der Waals surface area contributed by atoms with E-state index in [1.165, 1.54) is 41.1 Å². The average molecular weight is 364 g/mol. The van der Waals surface area contributed by atoms with Gasteiger partial charge in [0.1, 0.15) is 17.2 Å². The Morgan fingerprint density at radius 2 is 1.88 bits per heavy atom. The lowest BCUT2D eigenvalue weighted by Crippen LogP contribution is -2.20. The minimum absolute atomic E-state index is 0.0308. The third-order valence-corrected chi connectivity index (χ3v) is 3.94. The van der Waals surface area contributed by atoms with Crippen molar-refractivity contribution in [2.24, 2.45) is 0 Å². The van der Waals surface area contributed by atoms with Gasteiger partial charge < -0.3 is 9.30 Å². The van der Waals surface area contributed by atoms with Crippen LogP contribution < -0.4 is 5.43 Å². The molecule has 2 aromatic carbocycles. The summed E-state index contributed by atoms with van der Waals surface area (Å²) in [6, 6.07) is 7.65. The van der Waals surface area contributed by atoms with Crippen LogP contribution in [0.25, 0.3) is 16.6 Å². The molecule has 0 amide bonds. The zero-order chi connectivity index (χ0) is 18.1. The fraction of sp³-hybridized carbons (Fsp3) is 0.111. The van der Waals surface area contributed by atoms with E-state index < -0.39 is 23.0 Å². The molecular weight excluding hydrogens is 352 g/mol. The van der Waals surface area contributed by atoms with Crippen molar-refractivity contribution in [3.8, 4) is 5.69 Å². The molecule has 1 aromatic heterocycles. The molecule has 7 heteroatoms. The lowest BCUT2D eigenvalue weighted by molar-refractivity contribution is 0.0524. The average Bonchev–Trinajstić information content (AvgIpc) is 2.58. The van der Waals surface area contributed by atoms with Crippen molar-refractivity contribution < 1.29 is 18.3 Å². The summed E-state index contributed by atoms with van der Waals surface area (Å²) in [5, 5.41) is -0.205. The van der Waals surface area contributed by atoms with E-state index in [-0.39, 0.29) is 28.1 Å². The molecule has 0 spiro atoms. The lowest BCUT2D eigenvalue weighted by atomic mass is 10.1. The van der Waals surface area contributed by atoms with E-state index >= 15 is 0 Å². The molecule has 0 fully saturated rings. The fourth-order valence-electron chi connectivity index (χ4n) is 2.49. The third-order valence-electron chi connectivity index (χ3n) is 3.65. The molecule has 1 heterocycles. The molecule has 0 aliphatic rings. The Morgan fingerprint density at radius 3 is 2.52 bits per heavy atom. The first-order chi connectivity index (χ1) is 11.9. The molecule has 0 N–H and O–H groups in total. The number of hydrogen-bond acceptors (Lipinski definition) is 3. The first-order valence-corrected chi connectivity index (χ1v) is 7.77. The summed E-state index contributed by atoms with van der Waals surface area (Å²) in [6.45, 7) is 1.69. The van der Waals surface area contributed by atoms with E-state index in [4.69, 9.17) is 16.3 Å². The van der Waals surface area contributed by atoms with Crippen LogP contribution in [0.2, 0.25) is 5.02 Å². The number of hydrogen-bond donors (Lipinski definition) is 0. The molecule has 0 saturated carbocycles. The molecule has 4 nitrogen and oxygen atoms in total. The van der Waals surface area contributed by atoms with Crippen molar-refractivity contribution in [3.63, 3.8) is 0 Å². The fourth-order valence-corrected chi connectivity index (χ4v) is 2.65. The van der Waals surface area contributed by atoms with E-state index in [9.17, 15) is 18.4 Å². The standard InChI is InChI=1S/C18H12ClF2NO3/c1-2-25-18(24)13-9-22(11-5-3-10(20)4-6-11)16-8-14(19)15(21)7-12(16)17(13)23/h3-9H,2H2,1H3. The van der Waals surface area contributed by atoms with Gasteiger partial charge in [-0.15, -0.1) is 0 Å². The van der Waals surface area contributed by atoms with Gasteiger partial charge in [0, 0.05) is 17.3 Å². The van der Waals surface area contributed by atoms with E-state index in [0.29, 0.717) is 5.69 Å². The Morgan fingerprint density at radius 1 is 1.20 bits per heavy atom. The minimum Gasteiger partial charge on any atom is -0.462 e. The van der Waals surface area contributed by atoms with Gasteiger partial charge in [-0.05, 0) is 43.3 Å². The topological polar surface area (TPSA) is 48.3 Å². The second kappa shape index (κ2) is 6.64. The van der Waals surface area contributed by atoms with E-state index in [1.54, 1.807) is 6.92 Å². The van der Waals surface area contributed by atoms with Crippen molar-refractivity contribution in [1.82, 2.24) is 4.57 Å². The highest BCUT2D eigenvalue weighted by Gasteiger charge is 2.18. The number of esters is 1. The molecular formula is C18H12ClF2NO3. The summed E-state index contributed by atoms with van der Waals surface area (Å²) >= 11 is 5.83. The highest BCUT2D eigenvalue weighted by molar-refractivity contribution is 6.31. The smallest absolute Gasteiger partial charge is 0.343 e. The number of nitrogens with zero attached hydrogens (tertiary/aromatic N) is 1. The van der Waals surface area contributed by atoms with E-state index in [0.717, 1.165) is 6.07 Å². The van der Waals surface area contributed by atoms with Crippen LogP contribution in [-0.4, -0.2) is 17.1 Å². The van der Waals surface area contributed by atoms with E-state index in [1.807, 2.05) is 0 Å². The Bertz CT molecular complexity index is 1030. The quantitative estimate of drug-likeness (QED) is 0.658. The van der Waals surface area contributed by atoms with Gasteiger partial charge in [-0.2, -0.15) is 0 Å². The molecule has 25 heavy (non-hydrogen) atoms. The normalized spacial score (nSPS) is 10.9. The zero-order valence-electron chi connectivity index (χ0n) is 13.1. The molecule has 3 aromatic rings. The number of benzene rings is 2. The number of halogens is 3. The number of ether oxygens (including phenoxy) is 1. The van der Waals surface area contributed by atoms with Crippen molar-refractivity contribution >= 4 is 28.5 Å². The van der Waals surface area contributed by atoms with Crippen molar-refractivity contribution in [1.29, 1.82) is 0 Å². The van der Waals surface area contributed by atoms with Crippen LogP contribution in [0.5, 0.6) is 0 Å². The molecule has 0 radical (unpaired) electrons. The highest BCUT2D eigenvalue weighted by Crippen LogP contribution is 2.24. The molecule has 3 rings (SSSR count). The van der Waals surface area contributed by atoms with Crippen LogP contribution in [0, 0.1) is 11.6 Å². The second-order valence-corrected chi connectivity index (χ2v) is 5.63.